The van der Waals surface area contributed by atoms with Gasteiger partial charge in [0.15, 0.2) is 0 Å². The normalized spacial score (nSPS) is 11.9. The van der Waals surface area contributed by atoms with Crippen molar-refractivity contribution in [3.63, 3.8) is 0 Å². The molecule has 0 unspecified atom stereocenters. The highest BCUT2D eigenvalue weighted by Gasteiger charge is 2.34. The van der Waals surface area contributed by atoms with E-state index in [1.807, 2.05) is 0 Å². The molecule has 0 fully saturated rings. The van der Waals surface area contributed by atoms with Gasteiger partial charge in [0.2, 0.25) is 10.4 Å². The average molecular weight is 525 g/mol. The first-order valence-corrected chi connectivity index (χ1v) is 18.6. The summed E-state index contributed by atoms with van der Waals surface area (Å²) in [5.41, 5.74) is 0. The Morgan fingerprint density at radius 1 is 0.500 bits per heavy atom. The van der Waals surface area contributed by atoms with E-state index in [4.69, 9.17) is 0 Å². The van der Waals surface area contributed by atoms with Gasteiger partial charge in [-0.25, -0.2) is 8.42 Å². The van der Waals surface area contributed by atoms with Crippen LogP contribution < -0.4 is 0 Å². The molecule has 0 rings (SSSR count). The lowest BCUT2D eigenvalue weighted by Gasteiger charge is -2.28. The summed E-state index contributed by atoms with van der Waals surface area (Å²) in [4.78, 5) is 0. The Morgan fingerprint density at radius 3 is 1.09 bits per heavy atom. The maximum Gasteiger partial charge on any atom is 0.217 e. The van der Waals surface area contributed by atoms with Gasteiger partial charge in [0.1, 0.15) is 0 Å². The minimum Gasteiger partial charge on any atom is -0.726 e. The second kappa shape index (κ2) is 26.4. The van der Waals surface area contributed by atoms with Crippen LogP contribution in [0.15, 0.2) is 0 Å². The zero-order valence-electron chi connectivity index (χ0n) is 23.8. The lowest BCUT2D eigenvalue weighted by Crippen LogP contribution is -2.12. The lowest BCUT2D eigenvalue weighted by molar-refractivity contribution is 0.255. The predicted octanol–water partition coefficient (Wildman–Crippen LogP) is 9.59. The van der Waals surface area contributed by atoms with Crippen LogP contribution in [0.1, 0.15) is 150 Å². The van der Waals surface area contributed by atoms with Crippen LogP contribution in [-0.4, -0.2) is 44.2 Å². The summed E-state index contributed by atoms with van der Waals surface area (Å²) >= 11 is 0. The summed E-state index contributed by atoms with van der Waals surface area (Å²) in [5, 5.41) is 0. The van der Waals surface area contributed by atoms with Crippen LogP contribution in [0, 0.1) is 0 Å². The van der Waals surface area contributed by atoms with Gasteiger partial charge < -0.3 is 4.55 Å². The molecule has 0 aliphatic heterocycles. The molecule has 0 amide bonds. The van der Waals surface area contributed by atoms with E-state index in [2.05, 4.69) is 38.8 Å². The van der Waals surface area contributed by atoms with E-state index in [0.717, 1.165) is 12.8 Å². The van der Waals surface area contributed by atoms with E-state index in [9.17, 15) is 13.0 Å². The molecule has 0 radical (unpaired) electrons. The second-order valence-corrected chi connectivity index (χ2v) is 15.6. The Kier molecular flexibility index (Phi) is 28.3. The Hall–Kier alpha value is 0.300. The van der Waals surface area contributed by atoms with Crippen LogP contribution >= 0.6 is 7.26 Å². The van der Waals surface area contributed by atoms with E-state index >= 15 is 0 Å². The van der Waals surface area contributed by atoms with Crippen molar-refractivity contribution in [2.24, 2.45) is 0 Å². The smallest absolute Gasteiger partial charge is 0.217 e. The third-order valence-corrected chi connectivity index (χ3v) is 12.2. The number of rotatable bonds is 24. The Morgan fingerprint density at radius 2 is 0.794 bits per heavy atom. The van der Waals surface area contributed by atoms with Crippen LogP contribution in [0.4, 0.5) is 0 Å². The first-order valence-electron chi connectivity index (χ1n) is 14.8. The molecule has 0 saturated carbocycles. The molecule has 208 valence electrons. The van der Waals surface area contributed by atoms with Gasteiger partial charge in [-0.15, -0.1) is 0 Å². The van der Waals surface area contributed by atoms with Crippen molar-refractivity contribution in [3.8, 4) is 0 Å². The minimum absolute atomic E-state index is 0.0301. The zero-order chi connectivity index (χ0) is 26.0. The topological polar surface area (TPSA) is 66.4 Å². The van der Waals surface area contributed by atoms with Crippen molar-refractivity contribution in [1.82, 2.24) is 0 Å². The number of hydrogen-bond donors (Lipinski definition) is 0. The molecule has 0 bridgehead atoms. The summed E-state index contributed by atoms with van der Waals surface area (Å²) in [6.07, 6.45) is 29.6. The summed E-state index contributed by atoms with van der Waals surface area (Å²) in [6.45, 7) is 11.7. The van der Waals surface area contributed by atoms with E-state index in [1.54, 1.807) is 24.6 Å². The van der Waals surface area contributed by atoms with Crippen molar-refractivity contribution >= 4 is 17.7 Å². The average Bonchev–Trinajstić information content (AvgIpc) is 2.81. The molecule has 0 spiro atoms. The van der Waals surface area contributed by atoms with Crippen LogP contribution in [0.2, 0.25) is 0 Å². The van der Waals surface area contributed by atoms with E-state index < -0.39 is 17.7 Å². The Balaban J connectivity index is 0. The molecule has 0 aliphatic carbocycles. The van der Waals surface area contributed by atoms with Crippen molar-refractivity contribution in [1.29, 1.82) is 0 Å². The highest BCUT2D eigenvalue weighted by molar-refractivity contribution is 7.80. The Labute approximate surface area is 216 Å². The van der Waals surface area contributed by atoms with E-state index in [0.29, 0.717) is 6.42 Å². The van der Waals surface area contributed by atoms with E-state index in [1.165, 1.54) is 96.3 Å². The molecule has 0 saturated heterocycles. The fraction of sp³-hybridized carbons (Fsp3) is 1.00. The quantitative estimate of drug-likeness (QED) is 0.0545. The fourth-order valence-electron chi connectivity index (χ4n) is 4.40. The van der Waals surface area contributed by atoms with Gasteiger partial charge in [-0.2, -0.15) is 0 Å². The summed E-state index contributed by atoms with van der Waals surface area (Å²) in [7, 11) is -5.05. The van der Waals surface area contributed by atoms with Crippen LogP contribution in [0.25, 0.3) is 0 Å². The van der Waals surface area contributed by atoms with Gasteiger partial charge in [-0.3, -0.25) is 4.18 Å². The molecule has 0 aliphatic rings. The molecule has 0 aromatic carbocycles. The highest BCUT2D eigenvalue weighted by atomic mass is 32.3. The van der Waals surface area contributed by atoms with Gasteiger partial charge in [0, 0.05) is 7.26 Å². The number of hydrogen-bond acceptors (Lipinski definition) is 4. The second-order valence-electron chi connectivity index (χ2n) is 10.1. The first-order chi connectivity index (χ1) is 16.3. The van der Waals surface area contributed by atoms with Crippen LogP contribution in [0.5, 0.6) is 0 Å². The standard InChI is InChI=1S/C16H36P.C12H26O4S/c1-5-9-13-17(14-10-6-2,15-11-7-3)16-12-8-4;1-2-3-4-5-6-7-8-9-10-11-12-16-17(13,14)15/h5-16H2,1-4H3;2-12H2,1H3,(H,13,14,15)/q+1;/p-1. The highest BCUT2D eigenvalue weighted by Crippen LogP contribution is 2.61. The SMILES string of the molecule is CCCCCCCCCCCCOS(=O)(=O)[O-].CCCC[P+](CCCC)(CCCC)CCCC. The maximum absolute atomic E-state index is 10.1. The first kappa shape index (κ1) is 36.5. The van der Waals surface area contributed by atoms with Crippen molar-refractivity contribution in [3.05, 3.63) is 0 Å². The van der Waals surface area contributed by atoms with Gasteiger partial charge >= 0.3 is 0 Å². The molecule has 0 aromatic rings. The molecule has 4 nitrogen and oxygen atoms in total. The third-order valence-electron chi connectivity index (χ3n) is 6.67. The summed E-state index contributed by atoms with van der Waals surface area (Å²) in [6, 6.07) is 0. The third kappa shape index (κ3) is 26.9. The minimum atomic E-state index is -4.48. The van der Waals surface area contributed by atoms with Crippen molar-refractivity contribution < 1.29 is 17.2 Å². The molecule has 0 N–H and O–H groups in total. The van der Waals surface area contributed by atoms with E-state index in [-0.39, 0.29) is 6.61 Å². The van der Waals surface area contributed by atoms with Gasteiger partial charge in [0.05, 0.1) is 31.3 Å². The Bertz CT molecular complexity index is 459. The van der Waals surface area contributed by atoms with Crippen LogP contribution in [0.3, 0.4) is 0 Å². The van der Waals surface area contributed by atoms with Gasteiger partial charge in [-0.1, -0.05) is 118 Å². The molecule has 0 heterocycles. The zero-order valence-corrected chi connectivity index (χ0v) is 25.5. The molecule has 6 heteroatoms. The van der Waals surface area contributed by atoms with Crippen molar-refractivity contribution in [2.75, 3.05) is 31.3 Å². The molecular formula is C28H61O4PS. The van der Waals surface area contributed by atoms with Crippen molar-refractivity contribution in [2.45, 2.75) is 150 Å². The molecule has 0 atom stereocenters. The molecule has 0 aromatic heterocycles. The molecular weight excluding hydrogens is 463 g/mol. The van der Waals surface area contributed by atoms with Gasteiger partial charge in [-0.05, 0) is 32.1 Å². The van der Waals surface area contributed by atoms with Crippen LogP contribution in [-0.2, 0) is 14.6 Å². The maximum atomic E-state index is 10.1. The molecule has 34 heavy (non-hydrogen) atoms. The number of unbranched alkanes of at least 4 members (excludes halogenated alkanes) is 13. The summed E-state index contributed by atoms with van der Waals surface area (Å²) in [5.74, 6) is 0. The fourth-order valence-corrected chi connectivity index (χ4v) is 10.0. The largest absolute Gasteiger partial charge is 0.726 e. The van der Waals surface area contributed by atoms with Gasteiger partial charge in [0.25, 0.3) is 0 Å². The monoisotopic (exact) mass is 524 g/mol. The predicted molar refractivity (Wildman–Crippen MR) is 154 cm³/mol. The summed E-state index contributed by atoms with van der Waals surface area (Å²) < 4.78 is 34.5. The lowest BCUT2D eigenvalue weighted by atomic mass is 10.1.